The van der Waals surface area contributed by atoms with Crippen molar-refractivity contribution in [3.8, 4) is 0 Å². The van der Waals surface area contributed by atoms with Crippen molar-refractivity contribution in [1.29, 1.82) is 0 Å². The van der Waals surface area contributed by atoms with E-state index >= 15 is 0 Å². The van der Waals surface area contributed by atoms with Crippen LogP contribution in [0.3, 0.4) is 0 Å². The fraction of sp³-hybridized carbons (Fsp3) is 0.562. The summed E-state index contributed by atoms with van der Waals surface area (Å²) in [6.45, 7) is 7.82. The lowest BCUT2D eigenvalue weighted by Gasteiger charge is -2.33. The van der Waals surface area contributed by atoms with Crippen molar-refractivity contribution in [2.75, 3.05) is 26.2 Å². The van der Waals surface area contributed by atoms with Crippen LogP contribution in [0.1, 0.15) is 35.7 Å². The number of ketones is 1. The molecule has 1 aromatic rings. The molecular weight excluding hydrogens is 236 g/mol. The number of nitrogens with zero attached hydrogens (tertiary/aromatic N) is 1. The molecule has 1 fully saturated rings. The summed E-state index contributed by atoms with van der Waals surface area (Å²) < 4.78 is 0. The van der Waals surface area contributed by atoms with Crippen LogP contribution in [0.5, 0.6) is 0 Å². The monoisotopic (exact) mass is 260 g/mol. The van der Waals surface area contributed by atoms with E-state index in [0.717, 1.165) is 38.0 Å². The average Bonchev–Trinajstić information content (AvgIpc) is 2.46. The highest BCUT2D eigenvalue weighted by molar-refractivity contribution is 5.97. The van der Waals surface area contributed by atoms with Crippen LogP contribution in [0, 0.1) is 6.92 Å². The third-order valence-electron chi connectivity index (χ3n) is 3.95. The molecule has 0 saturated carbocycles. The van der Waals surface area contributed by atoms with E-state index < -0.39 is 0 Å². The summed E-state index contributed by atoms with van der Waals surface area (Å²) in [4.78, 5) is 14.6. The Labute approximate surface area is 116 Å². The lowest BCUT2D eigenvalue weighted by atomic mass is 10.0. The number of hydrogen-bond acceptors (Lipinski definition) is 3. The Bertz CT molecular complexity index is 407. The van der Waals surface area contributed by atoms with Crippen molar-refractivity contribution in [2.24, 2.45) is 0 Å². The van der Waals surface area contributed by atoms with Gasteiger partial charge in [0.1, 0.15) is 0 Å². The van der Waals surface area contributed by atoms with E-state index in [-0.39, 0.29) is 5.78 Å². The Hall–Kier alpha value is -1.19. The van der Waals surface area contributed by atoms with Crippen molar-refractivity contribution < 1.29 is 4.79 Å². The average molecular weight is 260 g/mol. The highest BCUT2D eigenvalue weighted by Gasteiger charge is 2.21. The van der Waals surface area contributed by atoms with Crippen LogP contribution in [-0.2, 0) is 0 Å². The van der Waals surface area contributed by atoms with Crippen molar-refractivity contribution in [3.63, 3.8) is 0 Å². The lowest BCUT2D eigenvalue weighted by Crippen LogP contribution is -2.45. The summed E-state index contributed by atoms with van der Waals surface area (Å²) in [5.74, 6) is 0.236. The molecule has 0 radical (unpaired) electrons. The number of aryl methyl sites for hydroxylation is 1. The Morgan fingerprint density at radius 3 is 2.47 bits per heavy atom. The van der Waals surface area contributed by atoms with Crippen LogP contribution in [0.4, 0.5) is 0 Å². The molecule has 1 aromatic carbocycles. The predicted octanol–water partition coefficient (Wildman–Crippen LogP) is 2.25. The third-order valence-corrected chi connectivity index (χ3v) is 3.95. The molecule has 0 atom stereocenters. The van der Waals surface area contributed by atoms with E-state index in [4.69, 9.17) is 0 Å². The second-order valence-electron chi connectivity index (χ2n) is 5.33. The molecule has 2 rings (SSSR count). The van der Waals surface area contributed by atoms with E-state index in [1.54, 1.807) is 0 Å². The zero-order valence-corrected chi connectivity index (χ0v) is 12.0. The molecule has 104 valence electrons. The highest BCUT2D eigenvalue weighted by Crippen LogP contribution is 2.13. The first-order valence-corrected chi connectivity index (χ1v) is 7.25. The van der Waals surface area contributed by atoms with Crippen molar-refractivity contribution in [1.82, 2.24) is 10.2 Å². The number of carbonyl (C=O) groups excluding carboxylic acids is 1. The quantitative estimate of drug-likeness (QED) is 0.824. The molecule has 0 aliphatic carbocycles. The SMILES string of the molecule is CCN(CC(=O)c1ccc(C)cc1)C1CCNCC1. The molecule has 3 heteroatoms. The second-order valence-corrected chi connectivity index (χ2v) is 5.33. The number of rotatable bonds is 5. The molecule has 0 bridgehead atoms. The van der Waals surface area contributed by atoms with E-state index in [2.05, 4.69) is 17.1 Å². The van der Waals surface area contributed by atoms with Gasteiger partial charge in [0.05, 0.1) is 6.54 Å². The zero-order valence-electron chi connectivity index (χ0n) is 12.0. The summed E-state index contributed by atoms with van der Waals surface area (Å²) >= 11 is 0. The number of hydrogen-bond donors (Lipinski definition) is 1. The van der Waals surface area contributed by atoms with Crippen LogP contribution >= 0.6 is 0 Å². The molecule has 0 amide bonds. The topological polar surface area (TPSA) is 32.3 Å². The largest absolute Gasteiger partial charge is 0.317 e. The minimum Gasteiger partial charge on any atom is -0.317 e. The maximum Gasteiger partial charge on any atom is 0.176 e. The first-order chi connectivity index (χ1) is 9.20. The maximum atomic E-state index is 12.3. The number of likely N-dealkylation sites (N-methyl/N-ethyl adjacent to an activating group) is 1. The van der Waals surface area contributed by atoms with Gasteiger partial charge in [-0.05, 0) is 39.4 Å². The summed E-state index contributed by atoms with van der Waals surface area (Å²) in [5.41, 5.74) is 2.03. The Kier molecular flexibility index (Phi) is 5.11. The summed E-state index contributed by atoms with van der Waals surface area (Å²) in [5, 5.41) is 3.37. The second kappa shape index (κ2) is 6.83. The van der Waals surface area contributed by atoms with Crippen LogP contribution in [0.2, 0.25) is 0 Å². The molecule has 19 heavy (non-hydrogen) atoms. The van der Waals surface area contributed by atoms with Gasteiger partial charge in [-0.1, -0.05) is 36.8 Å². The predicted molar refractivity (Wildman–Crippen MR) is 78.6 cm³/mol. The Morgan fingerprint density at radius 2 is 1.89 bits per heavy atom. The molecule has 3 nitrogen and oxygen atoms in total. The number of benzene rings is 1. The minimum absolute atomic E-state index is 0.236. The normalized spacial score (nSPS) is 16.8. The number of carbonyl (C=O) groups is 1. The Morgan fingerprint density at radius 1 is 1.26 bits per heavy atom. The smallest absolute Gasteiger partial charge is 0.176 e. The summed E-state index contributed by atoms with van der Waals surface area (Å²) in [6.07, 6.45) is 2.30. The van der Waals surface area contributed by atoms with Crippen LogP contribution in [-0.4, -0.2) is 42.9 Å². The van der Waals surface area contributed by atoms with E-state index in [1.807, 2.05) is 31.2 Å². The van der Waals surface area contributed by atoms with Crippen molar-refractivity contribution in [2.45, 2.75) is 32.7 Å². The van der Waals surface area contributed by atoms with Gasteiger partial charge in [0, 0.05) is 11.6 Å². The highest BCUT2D eigenvalue weighted by atomic mass is 16.1. The third kappa shape index (κ3) is 3.88. The first-order valence-electron chi connectivity index (χ1n) is 7.25. The molecule has 1 aliphatic rings. The zero-order chi connectivity index (χ0) is 13.7. The van der Waals surface area contributed by atoms with Crippen LogP contribution in [0.25, 0.3) is 0 Å². The molecular formula is C16H24N2O. The molecule has 0 spiro atoms. The fourth-order valence-corrected chi connectivity index (χ4v) is 2.69. The minimum atomic E-state index is 0.236. The standard InChI is InChI=1S/C16H24N2O/c1-3-18(15-8-10-17-11-9-15)12-16(19)14-6-4-13(2)5-7-14/h4-7,15,17H,3,8-12H2,1-2H3. The van der Waals surface area contributed by atoms with Gasteiger partial charge >= 0.3 is 0 Å². The lowest BCUT2D eigenvalue weighted by molar-refractivity contribution is 0.0874. The number of nitrogens with one attached hydrogen (secondary N) is 1. The summed E-state index contributed by atoms with van der Waals surface area (Å²) in [6, 6.07) is 8.45. The van der Waals surface area contributed by atoms with Crippen LogP contribution < -0.4 is 5.32 Å². The first kappa shape index (κ1) is 14.2. The van der Waals surface area contributed by atoms with Gasteiger partial charge in [-0.15, -0.1) is 0 Å². The molecule has 1 aliphatic heterocycles. The van der Waals surface area contributed by atoms with E-state index in [0.29, 0.717) is 12.6 Å². The van der Waals surface area contributed by atoms with Gasteiger partial charge in [-0.25, -0.2) is 0 Å². The van der Waals surface area contributed by atoms with Gasteiger partial charge in [0.25, 0.3) is 0 Å². The number of Topliss-reactive ketones (excluding diaryl/α,β-unsaturated/α-hetero) is 1. The van der Waals surface area contributed by atoms with E-state index in [1.165, 1.54) is 5.56 Å². The van der Waals surface area contributed by atoms with Gasteiger partial charge in [0.15, 0.2) is 5.78 Å². The Balaban J connectivity index is 1.97. The molecule has 0 aromatic heterocycles. The fourth-order valence-electron chi connectivity index (χ4n) is 2.69. The van der Waals surface area contributed by atoms with Gasteiger partial charge in [-0.2, -0.15) is 0 Å². The van der Waals surface area contributed by atoms with Crippen molar-refractivity contribution >= 4 is 5.78 Å². The van der Waals surface area contributed by atoms with Crippen molar-refractivity contribution in [3.05, 3.63) is 35.4 Å². The maximum absolute atomic E-state index is 12.3. The molecule has 1 saturated heterocycles. The summed E-state index contributed by atoms with van der Waals surface area (Å²) in [7, 11) is 0. The molecule has 1 heterocycles. The van der Waals surface area contributed by atoms with Gasteiger partial charge < -0.3 is 5.32 Å². The number of piperidine rings is 1. The van der Waals surface area contributed by atoms with Gasteiger partial charge in [0.2, 0.25) is 0 Å². The van der Waals surface area contributed by atoms with E-state index in [9.17, 15) is 4.79 Å². The molecule has 0 unspecified atom stereocenters. The molecule has 1 N–H and O–H groups in total. The van der Waals surface area contributed by atoms with Crippen LogP contribution in [0.15, 0.2) is 24.3 Å². The van der Waals surface area contributed by atoms with Gasteiger partial charge in [-0.3, -0.25) is 9.69 Å².